The Morgan fingerprint density at radius 3 is 2.85 bits per heavy atom. The predicted octanol–water partition coefficient (Wildman–Crippen LogP) is 3.07. The highest BCUT2D eigenvalue weighted by molar-refractivity contribution is 6.43. The molecule has 0 aliphatic heterocycles. The first kappa shape index (κ1) is 14.7. The van der Waals surface area contributed by atoms with Crippen LogP contribution >= 0.6 is 23.2 Å². The molecule has 1 unspecified atom stereocenters. The SMILES string of the molecule is CCC(CC(=O)O)n1nnnc1-c1cccc(Cl)c1Cl. The van der Waals surface area contributed by atoms with Gasteiger partial charge in [0, 0.05) is 5.56 Å². The lowest BCUT2D eigenvalue weighted by Gasteiger charge is -2.15. The Balaban J connectivity index is 2.47. The zero-order valence-corrected chi connectivity index (χ0v) is 12.1. The average Bonchev–Trinajstić information content (AvgIpc) is 2.88. The summed E-state index contributed by atoms with van der Waals surface area (Å²) in [5, 5.41) is 21.1. The summed E-state index contributed by atoms with van der Waals surface area (Å²) in [5.41, 5.74) is 0.577. The molecule has 8 heteroatoms. The molecule has 0 aliphatic rings. The van der Waals surface area contributed by atoms with Crippen LogP contribution < -0.4 is 0 Å². The van der Waals surface area contributed by atoms with Crippen molar-refractivity contribution in [2.24, 2.45) is 0 Å². The molecule has 1 aromatic heterocycles. The number of halogens is 2. The molecule has 106 valence electrons. The summed E-state index contributed by atoms with van der Waals surface area (Å²) in [4.78, 5) is 10.9. The van der Waals surface area contributed by atoms with Gasteiger partial charge in [0.2, 0.25) is 0 Å². The van der Waals surface area contributed by atoms with Crippen LogP contribution in [0.25, 0.3) is 11.4 Å². The summed E-state index contributed by atoms with van der Waals surface area (Å²) < 4.78 is 1.48. The molecule has 20 heavy (non-hydrogen) atoms. The third-order valence-corrected chi connectivity index (χ3v) is 3.73. The number of tetrazole rings is 1. The van der Waals surface area contributed by atoms with E-state index in [0.29, 0.717) is 27.9 Å². The van der Waals surface area contributed by atoms with Crippen molar-refractivity contribution in [2.75, 3.05) is 0 Å². The Hall–Kier alpha value is -1.66. The number of carbonyl (C=O) groups is 1. The van der Waals surface area contributed by atoms with Gasteiger partial charge in [-0.15, -0.1) is 5.10 Å². The summed E-state index contributed by atoms with van der Waals surface area (Å²) in [6, 6.07) is 4.80. The topological polar surface area (TPSA) is 80.9 Å². The summed E-state index contributed by atoms with van der Waals surface area (Å²) in [7, 11) is 0. The minimum absolute atomic E-state index is 0.0628. The fraction of sp³-hybridized carbons (Fsp3) is 0.333. The molecule has 0 bridgehead atoms. The lowest BCUT2D eigenvalue weighted by atomic mass is 10.1. The molecule has 0 fully saturated rings. The number of nitrogens with zero attached hydrogens (tertiary/aromatic N) is 4. The molecule has 1 N–H and O–H groups in total. The minimum atomic E-state index is -0.907. The summed E-state index contributed by atoms with van der Waals surface area (Å²) in [5.74, 6) is -0.499. The van der Waals surface area contributed by atoms with E-state index in [-0.39, 0.29) is 12.5 Å². The van der Waals surface area contributed by atoms with Gasteiger partial charge >= 0.3 is 5.97 Å². The number of hydrogen-bond donors (Lipinski definition) is 1. The molecule has 2 rings (SSSR count). The highest BCUT2D eigenvalue weighted by Gasteiger charge is 2.21. The van der Waals surface area contributed by atoms with E-state index >= 15 is 0 Å². The highest BCUT2D eigenvalue weighted by Crippen LogP contribution is 2.33. The van der Waals surface area contributed by atoms with Crippen LogP contribution in [0, 0.1) is 0 Å². The van der Waals surface area contributed by atoms with E-state index in [2.05, 4.69) is 15.5 Å². The maximum absolute atomic E-state index is 10.9. The molecule has 0 spiro atoms. The Morgan fingerprint density at radius 2 is 2.20 bits per heavy atom. The Labute approximate surface area is 125 Å². The molecule has 1 aromatic carbocycles. The van der Waals surface area contributed by atoms with Crippen molar-refractivity contribution in [3.05, 3.63) is 28.2 Å². The van der Waals surface area contributed by atoms with Crippen LogP contribution in [-0.4, -0.2) is 31.3 Å². The molecule has 0 aliphatic carbocycles. The maximum atomic E-state index is 10.9. The third-order valence-electron chi connectivity index (χ3n) is 2.91. The second-order valence-electron chi connectivity index (χ2n) is 4.21. The van der Waals surface area contributed by atoms with Gasteiger partial charge in [-0.05, 0) is 29.0 Å². The second-order valence-corrected chi connectivity index (χ2v) is 4.99. The van der Waals surface area contributed by atoms with Crippen LogP contribution in [0.1, 0.15) is 25.8 Å². The predicted molar refractivity (Wildman–Crippen MR) is 74.9 cm³/mol. The minimum Gasteiger partial charge on any atom is -0.481 e. The lowest BCUT2D eigenvalue weighted by molar-refractivity contribution is -0.138. The summed E-state index contributed by atoms with van der Waals surface area (Å²) in [6.07, 6.45) is 0.523. The standard InChI is InChI=1S/C12H12Cl2N4O2/c1-2-7(6-10(19)20)18-12(15-16-17-18)8-4-3-5-9(13)11(8)14/h3-5,7H,2,6H2,1H3,(H,19,20). The van der Waals surface area contributed by atoms with Crippen molar-refractivity contribution >= 4 is 29.2 Å². The van der Waals surface area contributed by atoms with Gasteiger partial charge < -0.3 is 5.11 Å². The molecule has 6 nitrogen and oxygen atoms in total. The van der Waals surface area contributed by atoms with Crippen molar-refractivity contribution in [1.29, 1.82) is 0 Å². The molecule has 0 radical (unpaired) electrons. The van der Waals surface area contributed by atoms with Crippen LogP contribution in [0.3, 0.4) is 0 Å². The number of carboxylic acid groups (broad SMARTS) is 1. The van der Waals surface area contributed by atoms with Gasteiger partial charge in [-0.1, -0.05) is 36.2 Å². The van der Waals surface area contributed by atoms with Gasteiger partial charge in [-0.2, -0.15) is 0 Å². The van der Waals surface area contributed by atoms with E-state index in [9.17, 15) is 4.79 Å². The smallest absolute Gasteiger partial charge is 0.305 e. The second kappa shape index (κ2) is 6.19. The zero-order valence-electron chi connectivity index (χ0n) is 10.6. The van der Waals surface area contributed by atoms with Crippen molar-refractivity contribution in [3.8, 4) is 11.4 Å². The van der Waals surface area contributed by atoms with Crippen molar-refractivity contribution in [2.45, 2.75) is 25.8 Å². The van der Waals surface area contributed by atoms with Crippen molar-refractivity contribution in [3.63, 3.8) is 0 Å². The lowest BCUT2D eigenvalue weighted by Crippen LogP contribution is -2.15. The number of aromatic nitrogens is 4. The molecular weight excluding hydrogens is 303 g/mol. The van der Waals surface area contributed by atoms with Gasteiger partial charge in [-0.25, -0.2) is 4.68 Å². The fourth-order valence-electron chi connectivity index (χ4n) is 1.90. The monoisotopic (exact) mass is 314 g/mol. The fourth-order valence-corrected chi connectivity index (χ4v) is 2.28. The largest absolute Gasteiger partial charge is 0.481 e. The number of hydrogen-bond acceptors (Lipinski definition) is 4. The Morgan fingerprint density at radius 1 is 1.45 bits per heavy atom. The van der Waals surface area contributed by atoms with E-state index in [1.165, 1.54) is 4.68 Å². The molecule has 2 aromatic rings. The molecule has 0 saturated heterocycles. The zero-order chi connectivity index (χ0) is 14.7. The molecule has 0 amide bonds. The first-order valence-electron chi connectivity index (χ1n) is 5.98. The molecule has 1 atom stereocenters. The van der Waals surface area contributed by atoms with Gasteiger partial charge in [-0.3, -0.25) is 4.79 Å². The number of rotatable bonds is 5. The van der Waals surface area contributed by atoms with E-state index in [1.807, 2.05) is 6.92 Å². The van der Waals surface area contributed by atoms with Gasteiger partial charge in [0.1, 0.15) is 0 Å². The quantitative estimate of drug-likeness (QED) is 0.917. The Bertz CT molecular complexity index is 630. The number of benzene rings is 1. The molecule has 1 heterocycles. The number of carboxylic acids is 1. The third kappa shape index (κ3) is 2.91. The van der Waals surface area contributed by atoms with Gasteiger partial charge in [0.25, 0.3) is 0 Å². The van der Waals surface area contributed by atoms with Gasteiger partial charge in [0.15, 0.2) is 5.82 Å². The van der Waals surface area contributed by atoms with Gasteiger partial charge in [0.05, 0.1) is 22.5 Å². The van der Waals surface area contributed by atoms with Crippen LogP contribution in [0.5, 0.6) is 0 Å². The van der Waals surface area contributed by atoms with E-state index in [0.717, 1.165) is 0 Å². The van der Waals surface area contributed by atoms with Crippen LogP contribution in [-0.2, 0) is 4.79 Å². The number of aliphatic carboxylic acids is 1. The summed E-state index contributed by atoms with van der Waals surface area (Å²) >= 11 is 12.1. The van der Waals surface area contributed by atoms with Crippen molar-refractivity contribution < 1.29 is 9.90 Å². The summed E-state index contributed by atoms with van der Waals surface area (Å²) in [6.45, 7) is 1.87. The Kier molecular flexibility index (Phi) is 4.57. The van der Waals surface area contributed by atoms with Crippen LogP contribution in [0.15, 0.2) is 18.2 Å². The first-order chi connectivity index (χ1) is 9.54. The molecule has 0 saturated carbocycles. The average molecular weight is 315 g/mol. The first-order valence-corrected chi connectivity index (χ1v) is 6.74. The van der Waals surface area contributed by atoms with E-state index in [4.69, 9.17) is 28.3 Å². The van der Waals surface area contributed by atoms with Crippen molar-refractivity contribution in [1.82, 2.24) is 20.2 Å². The van der Waals surface area contributed by atoms with E-state index in [1.54, 1.807) is 18.2 Å². The van der Waals surface area contributed by atoms with Crippen LogP contribution in [0.4, 0.5) is 0 Å². The molecular formula is C12H12Cl2N4O2. The normalized spacial score (nSPS) is 12.3. The van der Waals surface area contributed by atoms with Crippen LogP contribution in [0.2, 0.25) is 10.0 Å². The maximum Gasteiger partial charge on any atom is 0.305 e. The highest BCUT2D eigenvalue weighted by atomic mass is 35.5. The van der Waals surface area contributed by atoms with E-state index < -0.39 is 5.97 Å².